The molecule has 0 fully saturated rings. The van der Waals surface area contributed by atoms with E-state index >= 15 is 0 Å². The van der Waals surface area contributed by atoms with E-state index in [9.17, 15) is 4.79 Å². The van der Waals surface area contributed by atoms with Gasteiger partial charge >= 0.3 is 0 Å². The van der Waals surface area contributed by atoms with Crippen molar-refractivity contribution in [3.63, 3.8) is 0 Å². The molecule has 116 valence electrons. The molecule has 1 heterocycles. The van der Waals surface area contributed by atoms with Gasteiger partial charge in [0.25, 0.3) is 5.91 Å². The lowest BCUT2D eigenvalue weighted by atomic mass is 10.1. The molecule has 0 aliphatic carbocycles. The molecule has 1 N–H and O–H groups in total. The molecule has 0 aliphatic heterocycles. The Kier molecular flexibility index (Phi) is 4.44. The van der Waals surface area contributed by atoms with Crippen LogP contribution in [0.4, 0.5) is 5.69 Å². The number of hydrogen-bond donors (Lipinski definition) is 1. The van der Waals surface area contributed by atoms with Crippen molar-refractivity contribution < 1.29 is 9.53 Å². The minimum atomic E-state index is -0.240. The van der Waals surface area contributed by atoms with Crippen LogP contribution < -0.4 is 10.1 Å². The summed E-state index contributed by atoms with van der Waals surface area (Å²) in [5.41, 5.74) is 2.35. The maximum Gasteiger partial charge on any atom is 0.262 e. The first kappa shape index (κ1) is 15.3. The van der Waals surface area contributed by atoms with Crippen molar-refractivity contribution in [2.75, 3.05) is 11.9 Å². The van der Waals surface area contributed by atoms with Gasteiger partial charge in [0.15, 0.2) is 6.61 Å². The SMILES string of the molecule is Cc1ccc2cccc(NC(=O)COc3ccc(Cl)cc3)c2n1. The van der Waals surface area contributed by atoms with Gasteiger partial charge in [0, 0.05) is 16.1 Å². The zero-order valence-electron chi connectivity index (χ0n) is 12.5. The predicted octanol–water partition coefficient (Wildman–Crippen LogP) is 4.21. The summed E-state index contributed by atoms with van der Waals surface area (Å²) in [6, 6.07) is 16.5. The van der Waals surface area contributed by atoms with Crippen LogP contribution in [0.3, 0.4) is 0 Å². The van der Waals surface area contributed by atoms with E-state index in [1.807, 2.05) is 37.3 Å². The fraction of sp³-hybridized carbons (Fsp3) is 0.111. The number of aryl methyl sites for hydroxylation is 1. The molecule has 5 heteroatoms. The highest BCUT2D eigenvalue weighted by Crippen LogP contribution is 2.22. The number of benzene rings is 2. The molecule has 0 saturated heterocycles. The van der Waals surface area contributed by atoms with Crippen molar-refractivity contribution in [2.24, 2.45) is 0 Å². The van der Waals surface area contributed by atoms with Crippen LogP contribution in [0.25, 0.3) is 10.9 Å². The highest BCUT2D eigenvalue weighted by molar-refractivity contribution is 6.30. The van der Waals surface area contributed by atoms with E-state index in [2.05, 4.69) is 10.3 Å². The van der Waals surface area contributed by atoms with Gasteiger partial charge in [-0.3, -0.25) is 9.78 Å². The number of rotatable bonds is 4. The smallest absolute Gasteiger partial charge is 0.262 e. The van der Waals surface area contributed by atoms with Crippen molar-refractivity contribution in [3.05, 3.63) is 65.3 Å². The highest BCUT2D eigenvalue weighted by Gasteiger charge is 2.08. The Hall–Kier alpha value is -2.59. The monoisotopic (exact) mass is 326 g/mol. The molecular weight excluding hydrogens is 312 g/mol. The minimum Gasteiger partial charge on any atom is -0.484 e. The number of nitrogens with zero attached hydrogens (tertiary/aromatic N) is 1. The second-order valence-corrected chi connectivity index (χ2v) is 5.56. The van der Waals surface area contributed by atoms with Crippen LogP contribution in [0.5, 0.6) is 5.75 Å². The first-order valence-electron chi connectivity index (χ1n) is 7.16. The first-order valence-corrected chi connectivity index (χ1v) is 7.54. The summed E-state index contributed by atoms with van der Waals surface area (Å²) >= 11 is 5.81. The number of nitrogens with one attached hydrogen (secondary N) is 1. The van der Waals surface area contributed by atoms with E-state index in [0.29, 0.717) is 16.5 Å². The molecule has 0 aliphatic rings. The first-order chi connectivity index (χ1) is 11.1. The average molecular weight is 327 g/mol. The number of amides is 1. The highest BCUT2D eigenvalue weighted by atomic mass is 35.5. The third-order valence-electron chi connectivity index (χ3n) is 3.32. The molecule has 2 aromatic carbocycles. The zero-order chi connectivity index (χ0) is 16.2. The Bertz CT molecular complexity index is 847. The van der Waals surface area contributed by atoms with Crippen molar-refractivity contribution in [2.45, 2.75) is 6.92 Å². The van der Waals surface area contributed by atoms with Crippen molar-refractivity contribution in [1.29, 1.82) is 0 Å². The number of pyridine rings is 1. The number of carbonyl (C=O) groups is 1. The molecule has 0 saturated carbocycles. The van der Waals surface area contributed by atoms with Gasteiger partial charge in [0.1, 0.15) is 5.75 Å². The van der Waals surface area contributed by atoms with E-state index in [1.165, 1.54) is 0 Å². The van der Waals surface area contributed by atoms with Crippen molar-refractivity contribution in [3.8, 4) is 5.75 Å². The summed E-state index contributed by atoms with van der Waals surface area (Å²) in [5, 5.41) is 4.44. The van der Waals surface area contributed by atoms with Crippen LogP contribution in [-0.2, 0) is 4.79 Å². The number of anilines is 1. The maximum atomic E-state index is 12.1. The molecule has 0 spiro atoms. The normalized spacial score (nSPS) is 10.5. The molecule has 0 unspecified atom stereocenters. The molecule has 0 bridgehead atoms. The van der Waals surface area contributed by atoms with Gasteiger partial charge in [0.2, 0.25) is 0 Å². The van der Waals surface area contributed by atoms with Crippen molar-refractivity contribution in [1.82, 2.24) is 4.98 Å². The summed E-state index contributed by atoms with van der Waals surface area (Å²) < 4.78 is 5.44. The lowest BCUT2D eigenvalue weighted by Gasteiger charge is -2.10. The standard InChI is InChI=1S/C18H15ClN2O2/c1-12-5-6-13-3-2-4-16(18(13)20-12)21-17(22)11-23-15-9-7-14(19)8-10-15/h2-10H,11H2,1H3,(H,21,22). The van der Waals surface area contributed by atoms with E-state index in [0.717, 1.165) is 16.6 Å². The quantitative estimate of drug-likeness (QED) is 0.781. The molecule has 0 atom stereocenters. The summed E-state index contributed by atoms with van der Waals surface area (Å²) in [6.45, 7) is 1.84. The van der Waals surface area contributed by atoms with Gasteiger partial charge in [-0.1, -0.05) is 29.8 Å². The van der Waals surface area contributed by atoms with Crippen LogP contribution in [-0.4, -0.2) is 17.5 Å². The fourth-order valence-corrected chi connectivity index (χ4v) is 2.34. The number of fused-ring (bicyclic) bond motifs is 1. The Morgan fingerprint density at radius 2 is 1.91 bits per heavy atom. The molecular formula is C18H15ClN2O2. The van der Waals surface area contributed by atoms with Gasteiger partial charge in [-0.2, -0.15) is 0 Å². The maximum absolute atomic E-state index is 12.1. The van der Waals surface area contributed by atoms with E-state index in [1.54, 1.807) is 24.3 Å². The van der Waals surface area contributed by atoms with Gasteiger partial charge in [-0.25, -0.2) is 0 Å². The molecule has 1 aromatic heterocycles. The molecule has 3 aromatic rings. The largest absolute Gasteiger partial charge is 0.484 e. The average Bonchev–Trinajstić information content (AvgIpc) is 2.55. The van der Waals surface area contributed by atoms with Gasteiger partial charge < -0.3 is 10.1 Å². The van der Waals surface area contributed by atoms with Crippen LogP contribution in [0.15, 0.2) is 54.6 Å². The molecule has 23 heavy (non-hydrogen) atoms. The summed E-state index contributed by atoms with van der Waals surface area (Å²) in [6.07, 6.45) is 0. The number of aromatic nitrogens is 1. The van der Waals surface area contributed by atoms with E-state index in [-0.39, 0.29) is 12.5 Å². The lowest BCUT2D eigenvalue weighted by molar-refractivity contribution is -0.118. The lowest BCUT2D eigenvalue weighted by Crippen LogP contribution is -2.20. The Balaban J connectivity index is 1.70. The Labute approximate surface area is 139 Å². The topological polar surface area (TPSA) is 51.2 Å². The fourth-order valence-electron chi connectivity index (χ4n) is 2.21. The number of halogens is 1. The molecule has 3 rings (SSSR count). The number of ether oxygens (including phenoxy) is 1. The Morgan fingerprint density at radius 1 is 1.13 bits per heavy atom. The number of para-hydroxylation sites is 1. The Morgan fingerprint density at radius 3 is 2.70 bits per heavy atom. The third-order valence-corrected chi connectivity index (χ3v) is 3.57. The van der Waals surface area contributed by atoms with E-state index in [4.69, 9.17) is 16.3 Å². The number of hydrogen-bond acceptors (Lipinski definition) is 3. The molecule has 0 radical (unpaired) electrons. The van der Waals surface area contributed by atoms with Gasteiger partial charge in [-0.05, 0) is 43.3 Å². The molecule has 4 nitrogen and oxygen atoms in total. The zero-order valence-corrected chi connectivity index (χ0v) is 13.3. The molecule has 1 amide bonds. The van der Waals surface area contributed by atoms with Gasteiger partial charge in [0.05, 0.1) is 11.2 Å². The second kappa shape index (κ2) is 6.67. The summed E-state index contributed by atoms with van der Waals surface area (Å²) in [5.74, 6) is 0.354. The summed E-state index contributed by atoms with van der Waals surface area (Å²) in [7, 11) is 0. The van der Waals surface area contributed by atoms with Crippen LogP contribution in [0, 0.1) is 6.92 Å². The van der Waals surface area contributed by atoms with E-state index < -0.39 is 0 Å². The predicted molar refractivity (Wildman–Crippen MR) is 92.1 cm³/mol. The number of carbonyl (C=O) groups excluding carboxylic acids is 1. The van der Waals surface area contributed by atoms with Gasteiger partial charge in [-0.15, -0.1) is 0 Å². The van der Waals surface area contributed by atoms with Crippen molar-refractivity contribution >= 4 is 34.1 Å². The van der Waals surface area contributed by atoms with Crippen LogP contribution in [0.1, 0.15) is 5.69 Å². The second-order valence-electron chi connectivity index (χ2n) is 5.12. The third kappa shape index (κ3) is 3.79. The minimum absolute atomic E-state index is 0.0795. The summed E-state index contributed by atoms with van der Waals surface area (Å²) in [4.78, 5) is 16.6. The van der Waals surface area contributed by atoms with Crippen LogP contribution in [0.2, 0.25) is 5.02 Å². The van der Waals surface area contributed by atoms with Crippen LogP contribution >= 0.6 is 11.6 Å².